The first kappa shape index (κ1) is 21.3. The number of aliphatic imine (C=N–C) groups is 1. The molecule has 0 bridgehead atoms. The Balaban J connectivity index is 1.20. The summed E-state index contributed by atoms with van der Waals surface area (Å²) in [5.74, 6) is -0.0137. The molecule has 0 unspecified atom stereocenters. The van der Waals surface area contributed by atoms with Gasteiger partial charge in [0.2, 0.25) is 0 Å². The van der Waals surface area contributed by atoms with Crippen molar-refractivity contribution >= 4 is 44.0 Å². The number of piperazine rings is 1. The van der Waals surface area contributed by atoms with Crippen LogP contribution in [0.2, 0.25) is 0 Å². The number of amidine groups is 1. The first-order valence-corrected chi connectivity index (χ1v) is 13.2. The van der Waals surface area contributed by atoms with Crippen molar-refractivity contribution < 1.29 is 17.6 Å². The quantitative estimate of drug-likeness (QED) is 0.736. The zero-order valence-corrected chi connectivity index (χ0v) is 18.9. The van der Waals surface area contributed by atoms with Gasteiger partial charge in [0.15, 0.2) is 15.0 Å². The van der Waals surface area contributed by atoms with Gasteiger partial charge in [0, 0.05) is 48.4 Å². The minimum Gasteiger partial charge on any atom is -0.368 e. The molecule has 1 amide bonds. The van der Waals surface area contributed by atoms with Gasteiger partial charge >= 0.3 is 0 Å². The molecule has 2 atom stereocenters. The summed E-state index contributed by atoms with van der Waals surface area (Å²) in [7, 11) is -2.98. The maximum absolute atomic E-state index is 13.2. The fraction of sp³-hybridized carbons (Fsp3) is 0.364. The Morgan fingerprint density at radius 3 is 2.53 bits per heavy atom. The summed E-state index contributed by atoms with van der Waals surface area (Å²) >= 11 is 1.46. The number of sulfone groups is 1. The zero-order valence-electron chi connectivity index (χ0n) is 17.3. The van der Waals surface area contributed by atoms with Crippen molar-refractivity contribution in [3.63, 3.8) is 0 Å². The van der Waals surface area contributed by atoms with E-state index in [1.807, 2.05) is 23.1 Å². The van der Waals surface area contributed by atoms with Crippen molar-refractivity contribution in [3.05, 3.63) is 59.9 Å². The predicted molar refractivity (Wildman–Crippen MR) is 126 cm³/mol. The number of hydrogen-bond acceptors (Lipinski definition) is 7. The first-order valence-electron chi connectivity index (χ1n) is 10.5. The van der Waals surface area contributed by atoms with Gasteiger partial charge in [-0.1, -0.05) is 17.8 Å². The largest absolute Gasteiger partial charge is 0.368 e. The Morgan fingerprint density at radius 2 is 1.81 bits per heavy atom. The normalized spacial score (nSPS) is 24.2. The number of anilines is 2. The highest BCUT2D eigenvalue weighted by atomic mass is 32.2. The first-order chi connectivity index (χ1) is 15.4. The van der Waals surface area contributed by atoms with Gasteiger partial charge < -0.3 is 15.1 Å². The summed E-state index contributed by atoms with van der Waals surface area (Å²) < 4.78 is 36.6. The standard InChI is InChI=1S/C22H23FN4O3S2/c23-16-4-6-18(7-5-16)26-8-10-27(11-9-26)21(28)15-2-1-3-17(12-15)24-22-25-19-13-32(29,30)14-20(19)31-22/h1-7,12,19-20H,8-11,13-14H2,(H,24,25)/t19-,20+/m1/s1. The lowest BCUT2D eigenvalue weighted by Crippen LogP contribution is -2.48. The predicted octanol–water partition coefficient (Wildman–Crippen LogP) is 2.47. The average Bonchev–Trinajstić information content (AvgIpc) is 3.26. The number of nitrogens with one attached hydrogen (secondary N) is 1. The molecule has 2 saturated heterocycles. The number of benzene rings is 2. The van der Waals surface area contributed by atoms with Gasteiger partial charge in [0.1, 0.15) is 5.82 Å². The summed E-state index contributed by atoms with van der Waals surface area (Å²) in [6, 6.07) is 13.5. The Kier molecular flexibility index (Phi) is 5.58. The lowest BCUT2D eigenvalue weighted by Gasteiger charge is -2.36. The molecule has 10 heteroatoms. The van der Waals surface area contributed by atoms with Crippen LogP contribution in [-0.2, 0) is 9.84 Å². The van der Waals surface area contributed by atoms with E-state index in [4.69, 9.17) is 0 Å². The number of halogens is 1. The molecular weight excluding hydrogens is 451 g/mol. The summed E-state index contributed by atoms with van der Waals surface area (Å²) in [5.41, 5.74) is 2.31. The zero-order chi connectivity index (χ0) is 22.3. The molecule has 1 N–H and O–H groups in total. The van der Waals surface area contributed by atoms with Crippen LogP contribution in [0.3, 0.4) is 0 Å². The molecule has 0 radical (unpaired) electrons. The van der Waals surface area contributed by atoms with Crippen LogP contribution >= 0.6 is 11.8 Å². The van der Waals surface area contributed by atoms with Crippen molar-refractivity contribution in [3.8, 4) is 0 Å². The van der Waals surface area contributed by atoms with Gasteiger partial charge in [-0.15, -0.1) is 0 Å². The van der Waals surface area contributed by atoms with Crippen molar-refractivity contribution in [2.24, 2.45) is 4.99 Å². The lowest BCUT2D eigenvalue weighted by molar-refractivity contribution is 0.0747. The van der Waals surface area contributed by atoms with Crippen molar-refractivity contribution in [1.29, 1.82) is 0 Å². The van der Waals surface area contributed by atoms with E-state index in [1.54, 1.807) is 18.2 Å². The molecule has 2 aromatic rings. The van der Waals surface area contributed by atoms with E-state index >= 15 is 0 Å². The number of nitrogens with zero attached hydrogens (tertiary/aromatic N) is 3. The van der Waals surface area contributed by atoms with Gasteiger partial charge in [-0.25, -0.2) is 12.8 Å². The third kappa shape index (κ3) is 4.47. The highest BCUT2D eigenvalue weighted by Crippen LogP contribution is 2.34. The molecule has 3 heterocycles. The molecule has 0 spiro atoms. The SMILES string of the molecule is O=C(c1cccc(NC2=N[C@@H]3CS(=O)(=O)C[C@@H]3S2)c1)N1CCN(c2ccc(F)cc2)CC1. The van der Waals surface area contributed by atoms with E-state index in [1.165, 1.54) is 23.9 Å². The van der Waals surface area contributed by atoms with Gasteiger partial charge in [-0.2, -0.15) is 0 Å². The number of carbonyl (C=O) groups is 1. The maximum Gasteiger partial charge on any atom is 0.254 e. The number of thioether (sulfide) groups is 1. The third-order valence-electron chi connectivity index (χ3n) is 5.94. The van der Waals surface area contributed by atoms with E-state index < -0.39 is 9.84 Å². The summed E-state index contributed by atoms with van der Waals surface area (Å²) in [4.78, 5) is 21.5. The van der Waals surface area contributed by atoms with Crippen LogP contribution < -0.4 is 10.2 Å². The second-order valence-corrected chi connectivity index (χ2v) is 11.6. The Labute approximate surface area is 190 Å². The summed E-state index contributed by atoms with van der Waals surface area (Å²) in [6.45, 7) is 2.56. The number of hydrogen-bond donors (Lipinski definition) is 1. The summed E-state index contributed by atoms with van der Waals surface area (Å²) in [6.07, 6.45) is 0. The maximum atomic E-state index is 13.2. The molecule has 0 saturated carbocycles. The second kappa shape index (κ2) is 8.40. The molecule has 2 aromatic carbocycles. The van der Waals surface area contributed by atoms with Crippen LogP contribution in [0, 0.1) is 5.82 Å². The van der Waals surface area contributed by atoms with Gasteiger partial charge in [-0.05, 0) is 42.5 Å². The van der Waals surface area contributed by atoms with Crippen molar-refractivity contribution in [2.45, 2.75) is 11.3 Å². The minimum absolute atomic E-state index is 0.0234. The summed E-state index contributed by atoms with van der Waals surface area (Å²) in [5, 5.41) is 3.91. The van der Waals surface area contributed by atoms with E-state index in [-0.39, 0.29) is 34.5 Å². The molecule has 5 rings (SSSR count). The van der Waals surface area contributed by atoms with Crippen LogP contribution in [0.25, 0.3) is 0 Å². The Bertz CT molecular complexity index is 1160. The number of fused-ring (bicyclic) bond motifs is 1. The third-order valence-corrected chi connectivity index (χ3v) is 9.08. The fourth-order valence-electron chi connectivity index (χ4n) is 4.27. The van der Waals surface area contributed by atoms with E-state index in [0.29, 0.717) is 36.9 Å². The van der Waals surface area contributed by atoms with Crippen LogP contribution in [0.4, 0.5) is 15.8 Å². The Hall–Kier alpha value is -2.59. The van der Waals surface area contributed by atoms with Crippen LogP contribution in [0.15, 0.2) is 53.5 Å². The number of rotatable bonds is 3. The van der Waals surface area contributed by atoms with Crippen LogP contribution in [0.1, 0.15) is 10.4 Å². The Morgan fingerprint density at radius 1 is 1.06 bits per heavy atom. The van der Waals surface area contributed by atoms with Crippen LogP contribution in [-0.4, -0.2) is 73.4 Å². The fourth-order valence-corrected chi connectivity index (χ4v) is 7.95. The van der Waals surface area contributed by atoms with E-state index in [9.17, 15) is 17.6 Å². The molecule has 0 aromatic heterocycles. The highest BCUT2D eigenvalue weighted by molar-refractivity contribution is 8.15. The van der Waals surface area contributed by atoms with E-state index in [0.717, 1.165) is 11.4 Å². The second-order valence-electron chi connectivity index (χ2n) is 8.20. The molecule has 7 nitrogen and oxygen atoms in total. The van der Waals surface area contributed by atoms with Crippen molar-refractivity contribution in [1.82, 2.24) is 4.90 Å². The number of amides is 1. The molecule has 168 valence electrons. The molecule has 0 aliphatic carbocycles. The lowest BCUT2D eigenvalue weighted by atomic mass is 10.1. The minimum atomic E-state index is -2.98. The monoisotopic (exact) mass is 474 g/mol. The highest BCUT2D eigenvalue weighted by Gasteiger charge is 2.42. The molecule has 2 fully saturated rings. The molecule has 3 aliphatic heterocycles. The number of carbonyl (C=O) groups excluding carboxylic acids is 1. The van der Waals surface area contributed by atoms with Gasteiger partial charge in [-0.3, -0.25) is 9.79 Å². The van der Waals surface area contributed by atoms with Crippen molar-refractivity contribution in [2.75, 3.05) is 47.9 Å². The van der Waals surface area contributed by atoms with E-state index in [2.05, 4.69) is 15.2 Å². The topological polar surface area (TPSA) is 82.1 Å². The van der Waals surface area contributed by atoms with Gasteiger partial charge in [0.25, 0.3) is 5.91 Å². The molecular formula is C22H23FN4O3S2. The van der Waals surface area contributed by atoms with Crippen LogP contribution in [0.5, 0.6) is 0 Å². The van der Waals surface area contributed by atoms with Gasteiger partial charge in [0.05, 0.1) is 17.5 Å². The smallest absolute Gasteiger partial charge is 0.254 e. The molecule has 32 heavy (non-hydrogen) atoms. The average molecular weight is 475 g/mol. The molecule has 3 aliphatic rings.